The number of carbonyl (C=O) groups is 1. The maximum atomic E-state index is 10.6. The van der Waals surface area contributed by atoms with Crippen molar-refractivity contribution in [2.24, 2.45) is 0 Å². The van der Waals surface area contributed by atoms with Crippen LogP contribution in [0, 0.1) is 0 Å². The van der Waals surface area contributed by atoms with E-state index in [1.165, 1.54) is 0 Å². The molecule has 4 heteroatoms. The molecular weight excluding hydrogens is 158 g/mol. The lowest BCUT2D eigenvalue weighted by molar-refractivity contribution is -0.131. The third-order valence-electron chi connectivity index (χ3n) is 2.11. The van der Waals surface area contributed by atoms with Crippen molar-refractivity contribution in [3.8, 4) is 0 Å². The van der Waals surface area contributed by atoms with E-state index in [9.17, 15) is 4.79 Å². The first kappa shape index (κ1) is 9.48. The standard InChI is InChI=1S/C8H15NO3/c1-7-4-9(6-11)8(2-3-10)5-12-7/h6-8,10H,2-5H2,1H3. The molecule has 0 aromatic carbocycles. The Bertz CT molecular complexity index is 151. The van der Waals surface area contributed by atoms with Crippen molar-refractivity contribution in [1.82, 2.24) is 4.90 Å². The highest BCUT2D eigenvalue weighted by Crippen LogP contribution is 2.11. The van der Waals surface area contributed by atoms with Gasteiger partial charge in [0.15, 0.2) is 0 Å². The van der Waals surface area contributed by atoms with Crippen molar-refractivity contribution in [3.05, 3.63) is 0 Å². The Balaban J connectivity index is 2.44. The van der Waals surface area contributed by atoms with E-state index < -0.39 is 0 Å². The summed E-state index contributed by atoms with van der Waals surface area (Å²) in [6.45, 7) is 3.22. The molecule has 2 unspecified atom stereocenters. The van der Waals surface area contributed by atoms with Crippen LogP contribution in [0.5, 0.6) is 0 Å². The third kappa shape index (κ3) is 2.19. The smallest absolute Gasteiger partial charge is 0.210 e. The quantitative estimate of drug-likeness (QED) is 0.591. The highest BCUT2D eigenvalue weighted by Gasteiger charge is 2.24. The van der Waals surface area contributed by atoms with Crippen LogP contribution in [0.3, 0.4) is 0 Å². The monoisotopic (exact) mass is 173 g/mol. The van der Waals surface area contributed by atoms with Crippen LogP contribution in [0.4, 0.5) is 0 Å². The molecule has 1 amide bonds. The molecule has 70 valence electrons. The van der Waals surface area contributed by atoms with E-state index >= 15 is 0 Å². The number of aliphatic hydroxyl groups is 1. The second-order valence-corrected chi connectivity index (χ2v) is 3.11. The molecule has 1 aliphatic rings. The molecule has 1 saturated heterocycles. The summed E-state index contributed by atoms with van der Waals surface area (Å²) in [5.74, 6) is 0. The summed E-state index contributed by atoms with van der Waals surface area (Å²) in [6, 6.07) is 0.0590. The van der Waals surface area contributed by atoms with Crippen LogP contribution in [0.25, 0.3) is 0 Å². The SMILES string of the molecule is CC1CN(C=O)C(CCO)CO1. The Labute approximate surface area is 72.1 Å². The van der Waals surface area contributed by atoms with Gasteiger partial charge in [0.05, 0.1) is 18.8 Å². The molecule has 1 rings (SSSR count). The summed E-state index contributed by atoms with van der Waals surface area (Å²) in [5.41, 5.74) is 0. The van der Waals surface area contributed by atoms with Crippen LogP contribution in [-0.4, -0.2) is 48.3 Å². The summed E-state index contributed by atoms with van der Waals surface area (Å²) in [4.78, 5) is 12.3. The molecular formula is C8H15NO3. The predicted molar refractivity (Wildman–Crippen MR) is 43.7 cm³/mol. The average molecular weight is 173 g/mol. The van der Waals surface area contributed by atoms with Gasteiger partial charge in [-0.2, -0.15) is 0 Å². The minimum Gasteiger partial charge on any atom is -0.396 e. The fourth-order valence-corrected chi connectivity index (χ4v) is 1.40. The molecule has 1 aliphatic heterocycles. The fraction of sp³-hybridized carbons (Fsp3) is 0.875. The second kappa shape index (κ2) is 4.42. The van der Waals surface area contributed by atoms with E-state index in [1.54, 1.807) is 4.90 Å². The molecule has 0 aromatic heterocycles. The van der Waals surface area contributed by atoms with Gasteiger partial charge in [0.2, 0.25) is 6.41 Å². The van der Waals surface area contributed by atoms with Gasteiger partial charge < -0.3 is 14.7 Å². The molecule has 4 nitrogen and oxygen atoms in total. The number of ether oxygens (including phenoxy) is 1. The Morgan fingerprint density at radius 1 is 1.75 bits per heavy atom. The van der Waals surface area contributed by atoms with Gasteiger partial charge in [-0.25, -0.2) is 0 Å². The number of aliphatic hydroxyl groups excluding tert-OH is 1. The lowest BCUT2D eigenvalue weighted by Gasteiger charge is -2.35. The maximum Gasteiger partial charge on any atom is 0.210 e. The minimum atomic E-state index is 0.0590. The topological polar surface area (TPSA) is 49.8 Å². The summed E-state index contributed by atoms with van der Waals surface area (Å²) < 4.78 is 5.36. The summed E-state index contributed by atoms with van der Waals surface area (Å²) in [6.07, 6.45) is 1.55. The van der Waals surface area contributed by atoms with Gasteiger partial charge in [0, 0.05) is 13.2 Å². The molecule has 0 aromatic rings. The zero-order valence-electron chi connectivity index (χ0n) is 7.27. The van der Waals surface area contributed by atoms with E-state index in [0.717, 1.165) is 6.41 Å². The van der Waals surface area contributed by atoms with Gasteiger partial charge in [0.1, 0.15) is 0 Å². The molecule has 0 saturated carbocycles. The van der Waals surface area contributed by atoms with Crippen molar-refractivity contribution in [3.63, 3.8) is 0 Å². The van der Waals surface area contributed by atoms with Crippen LogP contribution in [0.2, 0.25) is 0 Å². The van der Waals surface area contributed by atoms with Crippen molar-refractivity contribution >= 4 is 6.41 Å². The van der Waals surface area contributed by atoms with Crippen LogP contribution in [-0.2, 0) is 9.53 Å². The van der Waals surface area contributed by atoms with E-state index in [4.69, 9.17) is 9.84 Å². The summed E-state index contributed by atoms with van der Waals surface area (Å²) >= 11 is 0. The average Bonchev–Trinajstić information content (AvgIpc) is 2.08. The van der Waals surface area contributed by atoms with Crippen LogP contribution >= 0.6 is 0 Å². The van der Waals surface area contributed by atoms with Gasteiger partial charge in [-0.1, -0.05) is 0 Å². The van der Waals surface area contributed by atoms with Crippen molar-refractivity contribution in [1.29, 1.82) is 0 Å². The van der Waals surface area contributed by atoms with E-state index in [-0.39, 0.29) is 18.8 Å². The Morgan fingerprint density at radius 3 is 3.08 bits per heavy atom. The zero-order valence-corrected chi connectivity index (χ0v) is 7.27. The highest BCUT2D eigenvalue weighted by molar-refractivity contribution is 5.48. The number of rotatable bonds is 3. The molecule has 0 radical (unpaired) electrons. The molecule has 0 aliphatic carbocycles. The molecule has 0 spiro atoms. The first-order valence-corrected chi connectivity index (χ1v) is 4.21. The second-order valence-electron chi connectivity index (χ2n) is 3.11. The zero-order chi connectivity index (χ0) is 8.97. The van der Waals surface area contributed by atoms with Crippen molar-refractivity contribution in [2.75, 3.05) is 19.8 Å². The van der Waals surface area contributed by atoms with Gasteiger partial charge in [-0.15, -0.1) is 0 Å². The largest absolute Gasteiger partial charge is 0.396 e. The van der Waals surface area contributed by atoms with Crippen LogP contribution in [0.1, 0.15) is 13.3 Å². The van der Waals surface area contributed by atoms with E-state index in [2.05, 4.69) is 0 Å². The fourth-order valence-electron chi connectivity index (χ4n) is 1.40. The highest BCUT2D eigenvalue weighted by atomic mass is 16.5. The third-order valence-corrected chi connectivity index (χ3v) is 2.11. The number of carbonyl (C=O) groups excluding carboxylic acids is 1. The lowest BCUT2D eigenvalue weighted by atomic mass is 10.1. The van der Waals surface area contributed by atoms with Crippen LogP contribution < -0.4 is 0 Å². The number of hydrogen-bond acceptors (Lipinski definition) is 3. The van der Waals surface area contributed by atoms with Gasteiger partial charge in [0.25, 0.3) is 0 Å². The normalized spacial score (nSPS) is 30.3. The van der Waals surface area contributed by atoms with Crippen LogP contribution in [0.15, 0.2) is 0 Å². The summed E-state index contributed by atoms with van der Waals surface area (Å²) in [7, 11) is 0. The molecule has 2 atom stereocenters. The summed E-state index contributed by atoms with van der Waals surface area (Å²) in [5, 5.41) is 8.70. The maximum absolute atomic E-state index is 10.6. The van der Waals surface area contributed by atoms with E-state index in [0.29, 0.717) is 19.6 Å². The number of amides is 1. The van der Waals surface area contributed by atoms with Gasteiger partial charge in [-0.3, -0.25) is 4.79 Å². The lowest BCUT2D eigenvalue weighted by Crippen LogP contribution is -2.48. The molecule has 12 heavy (non-hydrogen) atoms. The number of hydrogen-bond donors (Lipinski definition) is 1. The number of morpholine rings is 1. The molecule has 1 heterocycles. The molecule has 1 fully saturated rings. The first-order valence-electron chi connectivity index (χ1n) is 4.21. The Kier molecular flexibility index (Phi) is 3.49. The number of nitrogens with zero attached hydrogens (tertiary/aromatic N) is 1. The molecule has 1 N–H and O–H groups in total. The van der Waals surface area contributed by atoms with E-state index in [1.807, 2.05) is 6.92 Å². The first-order chi connectivity index (χ1) is 5.77. The van der Waals surface area contributed by atoms with Gasteiger partial charge >= 0.3 is 0 Å². The Morgan fingerprint density at radius 2 is 2.50 bits per heavy atom. The van der Waals surface area contributed by atoms with Crippen molar-refractivity contribution < 1.29 is 14.6 Å². The predicted octanol–water partition coefficient (Wildman–Crippen LogP) is -0.385. The minimum absolute atomic E-state index is 0.0590. The Hall–Kier alpha value is -0.610. The molecule has 0 bridgehead atoms. The van der Waals surface area contributed by atoms with Crippen molar-refractivity contribution in [2.45, 2.75) is 25.5 Å². The van der Waals surface area contributed by atoms with Gasteiger partial charge in [-0.05, 0) is 13.3 Å².